The van der Waals surface area contributed by atoms with Gasteiger partial charge < -0.3 is 5.11 Å². The fraction of sp³-hybridized carbons (Fsp3) is 0.500. The highest BCUT2D eigenvalue weighted by atomic mass is 32.2. The van der Waals surface area contributed by atoms with Gasteiger partial charge in [0.2, 0.25) is 10.0 Å². The molecule has 0 heterocycles. The van der Waals surface area contributed by atoms with Crippen molar-refractivity contribution < 1.29 is 18.3 Å². The van der Waals surface area contributed by atoms with Crippen molar-refractivity contribution >= 4 is 16.0 Å². The third-order valence-corrected chi connectivity index (χ3v) is 4.49. The number of sulfonamides is 1. The average molecular weight is 299 g/mol. The van der Waals surface area contributed by atoms with Gasteiger partial charge in [-0.3, -0.25) is 4.79 Å². The summed E-state index contributed by atoms with van der Waals surface area (Å²) in [5, 5.41) is 9.07. The predicted molar refractivity (Wildman–Crippen MR) is 77.1 cm³/mol. The van der Waals surface area contributed by atoms with Crippen LogP contribution in [0.3, 0.4) is 0 Å². The first kappa shape index (κ1) is 16.7. The van der Waals surface area contributed by atoms with Crippen LogP contribution in [0.4, 0.5) is 0 Å². The summed E-state index contributed by atoms with van der Waals surface area (Å²) in [6.45, 7) is 7.25. The lowest BCUT2D eigenvalue weighted by molar-refractivity contribution is -0.140. The van der Waals surface area contributed by atoms with Gasteiger partial charge in [-0.15, -0.1) is 0 Å². The molecule has 1 aromatic carbocycles. The molecule has 0 unspecified atom stereocenters. The molecule has 6 heteroatoms. The van der Waals surface area contributed by atoms with Crippen LogP contribution in [0, 0.1) is 5.92 Å². The van der Waals surface area contributed by atoms with E-state index in [9.17, 15) is 13.2 Å². The molecule has 112 valence electrons. The van der Waals surface area contributed by atoms with E-state index in [0.717, 1.165) is 5.56 Å². The molecule has 0 aromatic heterocycles. The smallest absolute Gasteiger partial charge is 0.322 e. The fourth-order valence-corrected chi connectivity index (χ4v) is 3.14. The zero-order valence-corrected chi connectivity index (χ0v) is 12.9. The van der Waals surface area contributed by atoms with E-state index in [1.165, 1.54) is 6.07 Å². The van der Waals surface area contributed by atoms with Gasteiger partial charge in [0.15, 0.2) is 0 Å². The van der Waals surface area contributed by atoms with Crippen molar-refractivity contribution in [2.45, 2.75) is 44.6 Å². The van der Waals surface area contributed by atoms with Crippen LogP contribution in [0.25, 0.3) is 0 Å². The Bertz CT molecular complexity index is 579. The third kappa shape index (κ3) is 4.05. The van der Waals surface area contributed by atoms with Crippen molar-refractivity contribution in [1.29, 1.82) is 0 Å². The first-order chi connectivity index (χ1) is 9.15. The summed E-state index contributed by atoms with van der Waals surface area (Å²) in [6, 6.07) is 5.41. The second kappa shape index (κ2) is 6.37. The summed E-state index contributed by atoms with van der Waals surface area (Å²) in [4.78, 5) is 11.2. The Labute approximate surface area is 120 Å². The average Bonchev–Trinajstić information content (AvgIpc) is 2.35. The van der Waals surface area contributed by atoms with E-state index in [4.69, 9.17) is 5.11 Å². The lowest BCUT2D eigenvalue weighted by Crippen LogP contribution is -2.44. The zero-order chi connectivity index (χ0) is 15.5. The highest BCUT2D eigenvalue weighted by molar-refractivity contribution is 7.89. The van der Waals surface area contributed by atoms with E-state index in [1.54, 1.807) is 26.0 Å². The van der Waals surface area contributed by atoms with Gasteiger partial charge in [-0.05, 0) is 29.5 Å². The van der Waals surface area contributed by atoms with Gasteiger partial charge in [-0.25, -0.2) is 8.42 Å². The summed E-state index contributed by atoms with van der Waals surface area (Å²) in [7, 11) is -3.84. The minimum absolute atomic E-state index is 0.0931. The monoisotopic (exact) mass is 299 g/mol. The minimum Gasteiger partial charge on any atom is -0.480 e. The second-order valence-corrected chi connectivity index (χ2v) is 7.12. The molecular formula is C14H21NO4S. The molecule has 0 fully saturated rings. The Morgan fingerprint density at radius 3 is 2.25 bits per heavy atom. The molecule has 0 bridgehead atoms. The molecule has 0 radical (unpaired) electrons. The topological polar surface area (TPSA) is 83.5 Å². The van der Waals surface area contributed by atoms with Gasteiger partial charge >= 0.3 is 5.97 Å². The SMILES string of the molecule is CC(C)c1cccc(S(=O)(=O)N[C@H](C(=O)O)C(C)C)c1. The molecule has 0 aliphatic rings. The van der Waals surface area contributed by atoms with Crippen LogP contribution in [-0.2, 0) is 14.8 Å². The molecule has 0 saturated heterocycles. The molecule has 2 N–H and O–H groups in total. The van der Waals surface area contributed by atoms with Crippen molar-refractivity contribution in [2.24, 2.45) is 5.92 Å². The highest BCUT2D eigenvalue weighted by Crippen LogP contribution is 2.19. The van der Waals surface area contributed by atoms with Gasteiger partial charge in [-0.2, -0.15) is 4.72 Å². The Balaban J connectivity index is 3.10. The van der Waals surface area contributed by atoms with Crippen LogP contribution in [0.15, 0.2) is 29.2 Å². The molecule has 1 atom stereocenters. The summed E-state index contributed by atoms with van der Waals surface area (Å²) in [5.41, 5.74) is 0.893. The van der Waals surface area contributed by atoms with Crippen LogP contribution in [0.1, 0.15) is 39.2 Å². The molecule has 5 nitrogen and oxygen atoms in total. The number of aliphatic carboxylic acids is 1. The van der Waals surface area contributed by atoms with Gasteiger partial charge in [0.25, 0.3) is 0 Å². The van der Waals surface area contributed by atoms with Crippen LogP contribution >= 0.6 is 0 Å². The van der Waals surface area contributed by atoms with Crippen LogP contribution < -0.4 is 4.72 Å². The highest BCUT2D eigenvalue weighted by Gasteiger charge is 2.28. The maximum absolute atomic E-state index is 12.3. The largest absolute Gasteiger partial charge is 0.480 e. The van der Waals surface area contributed by atoms with Crippen molar-refractivity contribution in [3.05, 3.63) is 29.8 Å². The molecule has 1 aromatic rings. The maximum atomic E-state index is 12.3. The normalized spacial score (nSPS) is 13.7. The molecule has 0 aliphatic carbocycles. The summed E-state index contributed by atoms with van der Waals surface area (Å²) in [5.74, 6) is -1.32. The Morgan fingerprint density at radius 2 is 1.80 bits per heavy atom. The van der Waals surface area contributed by atoms with Gasteiger partial charge in [-0.1, -0.05) is 39.8 Å². The summed E-state index contributed by atoms with van der Waals surface area (Å²) < 4.78 is 26.8. The molecular weight excluding hydrogens is 278 g/mol. The minimum atomic E-state index is -3.84. The first-order valence-corrected chi connectivity index (χ1v) is 7.98. The lowest BCUT2D eigenvalue weighted by Gasteiger charge is -2.18. The van der Waals surface area contributed by atoms with Gasteiger partial charge in [0, 0.05) is 0 Å². The zero-order valence-electron chi connectivity index (χ0n) is 12.1. The Morgan fingerprint density at radius 1 is 1.20 bits per heavy atom. The standard InChI is InChI=1S/C14H21NO4S/c1-9(2)11-6-5-7-12(8-11)20(18,19)15-13(10(3)4)14(16)17/h5-10,13,15H,1-4H3,(H,16,17)/t13-/m0/s1. The summed E-state index contributed by atoms with van der Waals surface area (Å²) >= 11 is 0. The van der Waals surface area contributed by atoms with Crippen LogP contribution in [-0.4, -0.2) is 25.5 Å². The van der Waals surface area contributed by atoms with E-state index >= 15 is 0 Å². The van der Waals surface area contributed by atoms with Crippen LogP contribution in [0.2, 0.25) is 0 Å². The number of carboxylic acid groups (broad SMARTS) is 1. The third-order valence-electron chi connectivity index (χ3n) is 3.05. The quantitative estimate of drug-likeness (QED) is 0.843. The van der Waals surface area contributed by atoms with Crippen molar-refractivity contribution in [3.8, 4) is 0 Å². The number of hydrogen-bond acceptors (Lipinski definition) is 3. The van der Waals surface area contributed by atoms with Crippen molar-refractivity contribution in [3.63, 3.8) is 0 Å². The molecule has 0 saturated carbocycles. The molecule has 0 amide bonds. The molecule has 0 aliphatic heterocycles. The maximum Gasteiger partial charge on any atom is 0.322 e. The van der Waals surface area contributed by atoms with E-state index in [0.29, 0.717) is 0 Å². The number of nitrogens with one attached hydrogen (secondary N) is 1. The lowest BCUT2D eigenvalue weighted by atomic mass is 10.0. The van der Waals surface area contributed by atoms with E-state index in [-0.39, 0.29) is 16.7 Å². The Kier molecular flexibility index (Phi) is 5.30. The number of carboxylic acids is 1. The van der Waals surface area contributed by atoms with Crippen LogP contribution in [0.5, 0.6) is 0 Å². The number of benzene rings is 1. The van der Waals surface area contributed by atoms with E-state index < -0.39 is 22.0 Å². The van der Waals surface area contributed by atoms with E-state index in [1.807, 2.05) is 19.9 Å². The van der Waals surface area contributed by atoms with Crippen molar-refractivity contribution in [1.82, 2.24) is 4.72 Å². The summed E-state index contributed by atoms with van der Waals surface area (Å²) in [6.07, 6.45) is 0. The van der Waals surface area contributed by atoms with Gasteiger partial charge in [0.1, 0.15) is 6.04 Å². The number of rotatable bonds is 6. The second-order valence-electron chi connectivity index (χ2n) is 5.41. The van der Waals surface area contributed by atoms with E-state index in [2.05, 4.69) is 4.72 Å². The predicted octanol–water partition coefficient (Wildman–Crippen LogP) is 2.20. The Hall–Kier alpha value is -1.40. The number of hydrogen-bond donors (Lipinski definition) is 2. The first-order valence-electron chi connectivity index (χ1n) is 6.50. The molecule has 0 spiro atoms. The van der Waals surface area contributed by atoms with Gasteiger partial charge in [0.05, 0.1) is 4.90 Å². The number of carbonyl (C=O) groups is 1. The molecule has 20 heavy (non-hydrogen) atoms. The van der Waals surface area contributed by atoms with Crippen molar-refractivity contribution in [2.75, 3.05) is 0 Å². The fourth-order valence-electron chi connectivity index (χ4n) is 1.75. The molecule has 1 rings (SSSR count).